The molecule has 37 heavy (non-hydrogen) atoms. The summed E-state index contributed by atoms with van der Waals surface area (Å²) in [6.07, 6.45) is -2.49. The number of ether oxygens (including phenoxy) is 2. The van der Waals surface area contributed by atoms with E-state index < -0.39 is 48.2 Å². The Kier molecular flexibility index (Phi) is 9.36. The molecule has 0 bridgehead atoms. The number of esters is 1. The van der Waals surface area contributed by atoms with E-state index in [1.165, 1.54) is 12.3 Å². The molecule has 3 heterocycles. The minimum absolute atomic E-state index is 0.0173. The Morgan fingerprint density at radius 2 is 1.97 bits per heavy atom. The lowest BCUT2D eigenvalue weighted by atomic mass is 10.1. The topological polar surface area (TPSA) is 216 Å². The van der Waals surface area contributed by atoms with Crippen LogP contribution in [0.25, 0.3) is 10.9 Å². The number of benzene rings is 1. The van der Waals surface area contributed by atoms with Gasteiger partial charge in [-0.25, -0.2) is 4.79 Å². The van der Waals surface area contributed by atoms with Crippen molar-refractivity contribution in [3.63, 3.8) is 0 Å². The van der Waals surface area contributed by atoms with Crippen LogP contribution in [0, 0.1) is 0 Å². The van der Waals surface area contributed by atoms with Crippen molar-refractivity contribution in [2.24, 2.45) is 5.73 Å². The van der Waals surface area contributed by atoms with Crippen LogP contribution >= 0.6 is 0 Å². The predicted molar refractivity (Wildman–Crippen MR) is 132 cm³/mol. The number of hydrogen-bond donors (Lipinski definition) is 6. The molecular formula is C24H31N5O8. The fourth-order valence-electron chi connectivity index (χ4n) is 3.77. The van der Waals surface area contributed by atoms with Crippen molar-refractivity contribution in [3.8, 4) is 0 Å². The van der Waals surface area contributed by atoms with Gasteiger partial charge in [-0.15, -0.1) is 0 Å². The van der Waals surface area contributed by atoms with E-state index in [0.29, 0.717) is 6.42 Å². The summed E-state index contributed by atoms with van der Waals surface area (Å²) in [4.78, 5) is 40.6. The van der Waals surface area contributed by atoms with E-state index in [4.69, 9.17) is 26.0 Å². The van der Waals surface area contributed by atoms with Crippen LogP contribution in [0.15, 0.2) is 47.4 Å². The Hall–Kier alpha value is -3.78. The second-order valence-electron chi connectivity index (χ2n) is 8.55. The van der Waals surface area contributed by atoms with Crippen LogP contribution in [0.1, 0.15) is 31.7 Å². The summed E-state index contributed by atoms with van der Waals surface area (Å²) in [5, 5.41) is 29.4. The largest absolute Gasteiger partial charge is 0.481 e. The van der Waals surface area contributed by atoms with Gasteiger partial charge in [0.15, 0.2) is 6.23 Å². The average Bonchev–Trinajstić information content (AvgIpc) is 3.38. The van der Waals surface area contributed by atoms with Crippen LogP contribution in [0.2, 0.25) is 0 Å². The highest BCUT2D eigenvalue weighted by molar-refractivity contribution is 5.81. The minimum Gasteiger partial charge on any atom is -0.481 e. The number of nitrogens with two attached hydrogens (primary N) is 2. The van der Waals surface area contributed by atoms with Crippen LogP contribution in [0.3, 0.4) is 0 Å². The molecule has 1 saturated heterocycles. The zero-order valence-corrected chi connectivity index (χ0v) is 20.2. The number of rotatable bonds is 8. The Balaban J connectivity index is 0.000000568. The van der Waals surface area contributed by atoms with Gasteiger partial charge in [0.05, 0.1) is 0 Å². The number of nitrogens with one attached hydrogen (secondary N) is 1. The molecule has 200 valence electrons. The van der Waals surface area contributed by atoms with Crippen LogP contribution < -0.4 is 17.2 Å². The van der Waals surface area contributed by atoms with Crippen LogP contribution in [-0.4, -0.2) is 72.8 Å². The monoisotopic (exact) mass is 517 g/mol. The van der Waals surface area contributed by atoms with E-state index in [1.54, 1.807) is 0 Å². The molecule has 0 aliphatic carbocycles. The molecule has 13 heteroatoms. The number of nitrogen functional groups attached to an aromatic ring is 1. The number of aromatic nitrogens is 3. The van der Waals surface area contributed by atoms with Crippen LogP contribution in [0.4, 0.5) is 5.82 Å². The highest BCUT2D eigenvalue weighted by Gasteiger charge is 2.44. The van der Waals surface area contributed by atoms with Crippen molar-refractivity contribution in [2.45, 2.75) is 56.8 Å². The molecule has 0 spiro atoms. The number of carbonyl (C=O) groups excluding carboxylic acids is 1. The molecule has 1 aromatic carbocycles. The molecule has 0 amide bonds. The van der Waals surface area contributed by atoms with Gasteiger partial charge in [0.25, 0.3) is 0 Å². The van der Waals surface area contributed by atoms with Gasteiger partial charge < -0.3 is 41.2 Å². The predicted octanol–water partition coefficient (Wildman–Crippen LogP) is -0.0897. The number of H-pyrrole nitrogens is 1. The summed E-state index contributed by atoms with van der Waals surface area (Å²) >= 11 is 0. The summed E-state index contributed by atoms with van der Waals surface area (Å²) in [5.74, 6) is -1.38. The van der Waals surface area contributed by atoms with Crippen molar-refractivity contribution in [2.75, 3.05) is 12.3 Å². The molecule has 4 rings (SSSR count). The molecule has 1 fully saturated rings. The Bertz CT molecular complexity index is 1240. The first-order chi connectivity index (χ1) is 17.6. The van der Waals surface area contributed by atoms with Gasteiger partial charge in [-0.2, -0.15) is 4.98 Å². The van der Waals surface area contributed by atoms with Crippen LogP contribution in [-0.2, 0) is 25.5 Å². The second-order valence-corrected chi connectivity index (χ2v) is 8.55. The van der Waals surface area contributed by atoms with E-state index in [0.717, 1.165) is 27.6 Å². The highest BCUT2D eigenvalue weighted by atomic mass is 16.6. The molecule has 1 aliphatic rings. The van der Waals surface area contributed by atoms with E-state index in [2.05, 4.69) is 9.97 Å². The van der Waals surface area contributed by atoms with Gasteiger partial charge >= 0.3 is 17.6 Å². The Morgan fingerprint density at radius 1 is 1.24 bits per heavy atom. The van der Waals surface area contributed by atoms with E-state index in [1.807, 2.05) is 37.3 Å². The summed E-state index contributed by atoms with van der Waals surface area (Å²) in [6.45, 7) is 1.50. The molecule has 0 saturated carbocycles. The lowest BCUT2D eigenvalue weighted by Gasteiger charge is -2.17. The van der Waals surface area contributed by atoms with Crippen molar-refractivity contribution < 1.29 is 34.4 Å². The zero-order valence-electron chi connectivity index (χ0n) is 20.2. The van der Waals surface area contributed by atoms with E-state index in [-0.39, 0.29) is 18.8 Å². The fraction of sp³-hybridized carbons (Fsp3) is 0.417. The number of fused-ring (bicyclic) bond motifs is 1. The number of carboxylic acid groups (broad SMARTS) is 1. The van der Waals surface area contributed by atoms with Crippen molar-refractivity contribution in [1.82, 2.24) is 14.5 Å². The smallest absolute Gasteiger partial charge is 0.351 e. The Morgan fingerprint density at radius 3 is 2.59 bits per heavy atom. The van der Waals surface area contributed by atoms with Gasteiger partial charge in [-0.1, -0.05) is 25.1 Å². The maximum Gasteiger partial charge on any atom is 0.351 e. The third-order valence-electron chi connectivity index (χ3n) is 5.64. The second kappa shape index (κ2) is 12.5. The number of para-hydroxylation sites is 1. The minimum atomic E-state index is -1.42. The van der Waals surface area contributed by atoms with Crippen LogP contribution in [0.5, 0.6) is 0 Å². The van der Waals surface area contributed by atoms with Gasteiger partial charge in [0.2, 0.25) is 0 Å². The summed E-state index contributed by atoms with van der Waals surface area (Å²) in [7, 11) is 0. The number of nitrogens with zero attached hydrogens (tertiary/aromatic N) is 2. The Labute approximate surface area is 211 Å². The van der Waals surface area contributed by atoms with Gasteiger partial charge in [0, 0.05) is 30.2 Å². The first kappa shape index (κ1) is 27.8. The molecule has 0 unspecified atom stereocenters. The fourth-order valence-corrected chi connectivity index (χ4v) is 3.77. The molecular weight excluding hydrogens is 486 g/mol. The number of aromatic amines is 1. The number of aliphatic hydroxyl groups is 2. The summed E-state index contributed by atoms with van der Waals surface area (Å²) in [6, 6.07) is 10.0. The number of hydrogen-bond acceptors (Lipinski definition) is 10. The first-order valence-electron chi connectivity index (χ1n) is 11.7. The third-order valence-corrected chi connectivity index (χ3v) is 5.64. The average molecular weight is 518 g/mol. The van der Waals surface area contributed by atoms with Crippen molar-refractivity contribution in [3.05, 3.63) is 58.8 Å². The number of aliphatic hydroxyl groups excluding tert-OH is 2. The van der Waals surface area contributed by atoms with Crippen molar-refractivity contribution >= 4 is 28.7 Å². The molecule has 8 N–H and O–H groups in total. The number of carbonyl (C=O) groups is 2. The zero-order chi connectivity index (χ0) is 27.1. The third kappa shape index (κ3) is 7.13. The van der Waals surface area contributed by atoms with Gasteiger partial charge in [-0.05, 0) is 30.0 Å². The molecule has 0 radical (unpaired) electrons. The highest BCUT2D eigenvalue weighted by Crippen LogP contribution is 2.28. The van der Waals surface area contributed by atoms with Crippen molar-refractivity contribution in [1.29, 1.82) is 0 Å². The van der Waals surface area contributed by atoms with Gasteiger partial charge in [-0.3, -0.25) is 14.2 Å². The molecule has 3 aromatic rings. The number of anilines is 1. The lowest BCUT2D eigenvalue weighted by Crippen LogP contribution is -2.39. The molecule has 2 aromatic heterocycles. The SMILES string of the molecule is CCCC(=O)O.Nc1ccn([C@@H]2O[C@H](COC(=O)[C@H](N)Cc3cc4ccccc4[nH]3)[C@@H](O)[C@@H]2O)c(=O)n1. The standard InChI is InChI=1S/C20H23N5O6.C4H8O2/c21-12(8-11-7-10-3-1-2-4-13(10)23-11)19(28)30-9-14-16(26)17(27)18(31-14)25-6-5-15(22)24-20(25)29;1-2-3-4(5)6/h1-7,12,14,16-18,23,26-27H,8-9,21H2,(H2,22,24,29);2-3H2,1H3,(H,5,6)/t12-,14-,16-,17+,18-;/m1./s1. The maximum atomic E-state index is 12.3. The van der Waals surface area contributed by atoms with Gasteiger partial charge in [0.1, 0.15) is 36.8 Å². The normalized spacial score (nSPS) is 21.7. The maximum absolute atomic E-state index is 12.3. The van der Waals surface area contributed by atoms with E-state index >= 15 is 0 Å². The van der Waals surface area contributed by atoms with E-state index in [9.17, 15) is 24.6 Å². The first-order valence-corrected chi connectivity index (χ1v) is 11.7. The molecule has 13 nitrogen and oxygen atoms in total. The quantitative estimate of drug-likeness (QED) is 0.217. The number of carboxylic acids is 1. The summed E-state index contributed by atoms with van der Waals surface area (Å²) in [5.41, 5.74) is 12.4. The number of aliphatic carboxylic acids is 1. The lowest BCUT2D eigenvalue weighted by molar-refractivity contribution is -0.151. The summed E-state index contributed by atoms with van der Waals surface area (Å²) < 4.78 is 11.7. The molecule has 1 aliphatic heterocycles. The molecule has 5 atom stereocenters.